The lowest BCUT2D eigenvalue weighted by molar-refractivity contribution is -0.119. The molecule has 2 aromatic carbocycles. The van der Waals surface area contributed by atoms with Crippen molar-refractivity contribution in [1.29, 1.82) is 0 Å². The molecule has 0 spiro atoms. The number of anilines is 1. The summed E-state index contributed by atoms with van der Waals surface area (Å²) in [7, 11) is 0. The number of amides is 1. The van der Waals surface area contributed by atoms with Crippen molar-refractivity contribution in [2.45, 2.75) is 18.9 Å². The summed E-state index contributed by atoms with van der Waals surface area (Å²) in [5.74, 6) is 0.0307. The molecule has 1 unspecified atom stereocenters. The van der Waals surface area contributed by atoms with Crippen molar-refractivity contribution in [2.75, 3.05) is 5.32 Å². The van der Waals surface area contributed by atoms with E-state index in [0.717, 1.165) is 29.6 Å². The van der Waals surface area contributed by atoms with Gasteiger partial charge in [-0.1, -0.05) is 30.3 Å². The van der Waals surface area contributed by atoms with Crippen molar-refractivity contribution >= 4 is 22.6 Å². The SMILES string of the molecule is O=C1Nc2ccccc2CCC1n1cnc2ccccc21. The van der Waals surface area contributed by atoms with E-state index in [-0.39, 0.29) is 11.9 Å². The quantitative estimate of drug-likeness (QED) is 0.742. The molecule has 1 atom stereocenters. The molecule has 104 valence electrons. The third kappa shape index (κ3) is 2.00. The number of rotatable bonds is 1. The Morgan fingerprint density at radius 2 is 1.90 bits per heavy atom. The highest BCUT2D eigenvalue weighted by atomic mass is 16.2. The minimum atomic E-state index is -0.218. The van der Waals surface area contributed by atoms with Gasteiger partial charge in [-0.25, -0.2) is 4.98 Å². The second-order valence-electron chi connectivity index (χ2n) is 5.34. The van der Waals surface area contributed by atoms with E-state index in [1.54, 1.807) is 6.33 Å². The maximum absolute atomic E-state index is 12.6. The molecule has 1 aliphatic rings. The summed E-state index contributed by atoms with van der Waals surface area (Å²) in [6.07, 6.45) is 3.43. The van der Waals surface area contributed by atoms with Gasteiger partial charge >= 0.3 is 0 Å². The summed E-state index contributed by atoms with van der Waals surface area (Å²) < 4.78 is 1.98. The smallest absolute Gasteiger partial charge is 0.247 e. The van der Waals surface area contributed by atoms with Crippen molar-refractivity contribution in [3.63, 3.8) is 0 Å². The van der Waals surface area contributed by atoms with Gasteiger partial charge in [-0.3, -0.25) is 4.79 Å². The van der Waals surface area contributed by atoms with Crippen LogP contribution in [0.2, 0.25) is 0 Å². The summed E-state index contributed by atoms with van der Waals surface area (Å²) in [5, 5.41) is 3.04. The molecule has 1 amide bonds. The maximum atomic E-state index is 12.6. The lowest BCUT2D eigenvalue weighted by Gasteiger charge is -2.15. The summed E-state index contributed by atoms with van der Waals surface area (Å²) in [6.45, 7) is 0. The van der Waals surface area contributed by atoms with Crippen LogP contribution in [0, 0.1) is 0 Å². The van der Waals surface area contributed by atoms with Gasteiger partial charge in [0.05, 0.1) is 17.4 Å². The largest absolute Gasteiger partial charge is 0.324 e. The van der Waals surface area contributed by atoms with Gasteiger partial charge in [-0.15, -0.1) is 0 Å². The van der Waals surface area contributed by atoms with Crippen LogP contribution >= 0.6 is 0 Å². The van der Waals surface area contributed by atoms with Gasteiger partial charge in [0.15, 0.2) is 0 Å². The molecule has 0 saturated heterocycles. The average molecular weight is 277 g/mol. The molecule has 1 aromatic heterocycles. The van der Waals surface area contributed by atoms with Crippen molar-refractivity contribution in [1.82, 2.24) is 9.55 Å². The zero-order valence-electron chi connectivity index (χ0n) is 11.5. The highest BCUT2D eigenvalue weighted by molar-refractivity contribution is 5.96. The Kier molecular flexibility index (Phi) is 2.74. The lowest BCUT2D eigenvalue weighted by Crippen LogP contribution is -2.24. The Hall–Kier alpha value is -2.62. The maximum Gasteiger partial charge on any atom is 0.247 e. The van der Waals surface area contributed by atoms with Crippen LogP contribution in [-0.2, 0) is 11.2 Å². The molecule has 0 bridgehead atoms. The first-order valence-corrected chi connectivity index (χ1v) is 7.13. The highest BCUT2D eigenvalue weighted by Crippen LogP contribution is 2.28. The minimum absolute atomic E-state index is 0.0307. The van der Waals surface area contributed by atoms with Crippen LogP contribution < -0.4 is 5.32 Å². The van der Waals surface area contributed by atoms with Crippen LogP contribution in [0.1, 0.15) is 18.0 Å². The first-order chi connectivity index (χ1) is 10.3. The van der Waals surface area contributed by atoms with Gasteiger partial charge < -0.3 is 9.88 Å². The molecule has 0 aliphatic carbocycles. The lowest BCUT2D eigenvalue weighted by atomic mass is 10.1. The number of benzene rings is 2. The predicted molar refractivity (Wildman–Crippen MR) is 82.2 cm³/mol. The first kappa shape index (κ1) is 12.1. The predicted octanol–water partition coefficient (Wildman–Crippen LogP) is 3.16. The number of hydrogen-bond acceptors (Lipinski definition) is 2. The number of aryl methyl sites for hydroxylation is 1. The molecule has 1 aliphatic heterocycles. The number of nitrogens with one attached hydrogen (secondary N) is 1. The summed E-state index contributed by atoms with van der Waals surface area (Å²) in [5.41, 5.74) is 4.04. The Bertz CT molecular complexity index is 822. The van der Waals surface area contributed by atoms with Gasteiger partial charge in [0.2, 0.25) is 5.91 Å². The fourth-order valence-electron chi connectivity index (χ4n) is 2.99. The van der Waals surface area contributed by atoms with E-state index in [0.29, 0.717) is 0 Å². The summed E-state index contributed by atoms with van der Waals surface area (Å²) in [4.78, 5) is 17.0. The van der Waals surface area contributed by atoms with Crippen LogP contribution in [0.4, 0.5) is 5.69 Å². The zero-order chi connectivity index (χ0) is 14.2. The Morgan fingerprint density at radius 1 is 1.10 bits per heavy atom. The third-order valence-corrected chi connectivity index (χ3v) is 4.08. The molecular weight excluding hydrogens is 262 g/mol. The molecular formula is C17H15N3O. The molecule has 2 heterocycles. The van der Waals surface area contributed by atoms with E-state index < -0.39 is 0 Å². The van der Waals surface area contributed by atoms with E-state index in [4.69, 9.17) is 0 Å². The van der Waals surface area contributed by atoms with E-state index in [9.17, 15) is 4.79 Å². The summed E-state index contributed by atoms with van der Waals surface area (Å²) in [6, 6.07) is 15.7. The molecule has 1 N–H and O–H groups in total. The van der Waals surface area contributed by atoms with Crippen LogP contribution in [0.15, 0.2) is 54.9 Å². The Morgan fingerprint density at radius 3 is 2.86 bits per heavy atom. The number of aromatic nitrogens is 2. The first-order valence-electron chi connectivity index (χ1n) is 7.13. The van der Waals surface area contributed by atoms with Gasteiger partial charge in [0, 0.05) is 5.69 Å². The molecule has 4 heteroatoms. The molecule has 3 aromatic rings. The fraction of sp³-hybridized carbons (Fsp3) is 0.176. The fourth-order valence-corrected chi connectivity index (χ4v) is 2.99. The molecule has 0 fully saturated rings. The van der Waals surface area contributed by atoms with E-state index in [2.05, 4.69) is 16.4 Å². The molecule has 21 heavy (non-hydrogen) atoms. The standard InChI is InChI=1S/C17H15N3O/c21-17-16(10-9-12-5-1-2-6-13(12)19-17)20-11-18-14-7-3-4-8-15(14)20/h1-8,11,16H,9-10H2,(H,19,21). The van der Waals surface area contributed by atoms with Crippen molar-refractivity contribution in [2.24, 2.45) is 0 Å². The molecule has 4 rings (SSSR count). The average Bonchev–Trinajstić information content (AvgIpc) is 2.85. The topological polar surface area (TPSA) is 46.9 Å². The second kappa shape index (κ2) is 4.74. The minimum Gasteiger partial charge on any atom is -0.324 e. The molecule has 0 saturated carbocycles. The van der Waals surface area contributed by atoms with Gasteiger partial charge in [0.25, 0.3) is 0 Å². The molecule has 0 radical (unpaired) electrons. The van der Waals surface area contributed by atoms with Gasteiger partial charge in [0.1, 0.15) is 6.04 Å². The number of fused-ring (bicyclic) bond motifs is 2. The van der Waals surface area contributed by atoms with Crippen molar-refractivity contribution < 1.29 is 4.79 Å². The van der Waals surface area contributed by atoms with E-state index >= 15 is 0 Å². The number of imidazole rings is 1. The second-order valence-corrected chi connectivity index (χ2v) is 5.34. The van der Waals surface area contributed by atoms with Gasteiger partial charge in [-0.2, -0.15) is 0 Å². The number of carbonyl (C=O) groups is 1. The Labute approximate surface area is 122 Å². The Balaban J connectivity index is 1.75. The van der Waals surface area contributed by atoms with Crippen molar-refractivity contribution in [3.8, 4) is 0 Å². The number of para-hydroxylation sites is 3. The van der Waals surface area contributed by atoms with Crippen LogP contribution in [-0.4, -0.2) is 15.5 Å². The van der Waals surface area contributed by atoms with Crippen LogP contribution in [0.5, 0.6) is 0 Å². The monoisotopic (exact) mass is 277 g/mol. The normalized spacial score (nSPS) is 18.1. The summed E-state index contributed by atoms with van der Waals surface area (Å²) >= 11 is 0. The third-order valence-electron chi connectivity index (χ3n) is 4.08. The molecule has 4 nitrogen and oxygen atoms in total. The van der Waals surface area contributed by atoms with Crippen LogP contribution in [0.25, 0.3) is 11.0 Å². The number of carbonyl (C=O) groups excluding carboxylic acids is 1. The zero-order valence-corrected chi connectivity index (χ0v) is 11.5. The van der Waals surface area contributed by atoms with Crippen molar-refractivity contribution in [3.05, 3.63) is 60.4 Å². The van der Waals surface area contributed by atoms with Gasteiger partial charge in [-0.05, 0) is 36.6 Å². The van der Waals surface area contributed by atoms with E-state index in [1.165, 1.54) is 5.56 Å². The van der Waals surface area contributed by atoms with Crippen LogP contribution in [0.3, 0.4) is 0 Å². The number of nitrogens with zero attached hydrogens (tertiary/aromatic N) is 2. The number of hydrogen-bond donors (Lipinski definition) is 1. The highest BCUT2D eigenvalue weighted by Gasteiger charge is 2.25. The van der Waals surface area contributed by atoms with E-state index in [1.807, 2.05) is 47.0 Å².